The molecule has 1 aromatic carbocycles. The average molecular weight is 268 g/mol. The van der Waals surface area contributed by atoms with Gasteiger partial charge in [-0.2, -0.15) is 0 Å². The van der Waals surface area contributed by atoms with Crippen LogP contribution < -0.4 is 0 Å². The van der Waals surface area contributed by atoms with Crippen molar-refractivity contribution in [1.29, 1.82) is 0 Å². The highest BCUT2D eigenvalue weighted by atomic mass is 35.5. The average Bonchev–Trinajstić information content (AvgIpc) is 2.56. The number of benzene rings is 1. The Morgan fingerprint density at radius 1 is 1.39 bits per heavy atom. The van der Waals surface area contributed by atoms with E-state index in [1.54, 1.807) is 6.07 Å². The molecule has 18 heavy (non-hydrogen) atoms. The Morgan fingerprint density at radius 2 is 2.17 bits per heavy atom. The van der Waals surface area contributed by atoms with Crippen molar-refractivity contribution in [3.05, 3.63) is 28.8 Å². The van der Waals surface area contributed by atoms with Gasteiger partial charge in [0, 0.05) is 13.1 Å². The highest BCUT2D eigenvalue weighted by Gasteiger charge is 2.21. The Labute approximate surface area is 112 Å². The first kappa shape index (κ1) is 13.2. The zero-order chi connectivity index (χ0) is 13.1. The molecule has 0 saturated carbocycles. The summed E-state index contributed by atoms with van der Waals surface area (Å²) in [5.41, 5.74) is 0.395. The summed E-state index contributed by atoms with van der Waals surface area (Å²) in [6.45, 7) is 3.76. The molecule has 1 aliphatic heterocycles. The van der Waals surface area contributed by atoms with Crippen LogP contribution in [-0.2, 0) is 0 Å². The number of nitrogens with zero attached hydrogens (tertiary/aromatic N) is 1. The molecule has 0 bridgehead atoms. The summed E-state index contributed by atoms with van der Waals surface area (Å²) in [4.78, 5) is 14.2. The minimum absolute atomic E-state index is 0.0749. The standard InChI is InChI=1S/C14H18ClNO2/c1-10-3-2-7-16(8-6-10)14(18)12-9-11(17)4-5-13(12)15/h4-5,9-10,17H,2-3,6-8H2,1H3. The summed E-state index contributed by atoms with van der Waals surface area (Å²) in [5, 5.41) is 9.85. The lowest BCUT2D eigenvalue weighted by Crippen LogP contribution is -2.32. The molecule has 1 atom stereocenters. The molecule has 1 unspecified atom stereocenters. The van der Waals surface area contributed by atoms with Crippen LogP contribution in [0.1, 0.15) is 36.5 Å². The summed E-state index contributed by atoms with van der Waals surface area (Å²) in [7, 11) is 0. The van der Waals surface area contributed by atoms with E-state index in [0.717, 1.165) is 32.4 Å². The molecule has 2 rings (SSSR count). The van der Waals surface area contributed by atoms with Gasteiger partial charge in [-0.1, -0.05) is 18.5 Å². The van der Waals surface area contributed by atoms with Crippen LogP contribution in [0.5, 0.6) is 5.75 Å². The lowest BCUT2D eigenvalue weighted by atomic mass is 10.0. The van der Waals surface area contributed by atoms with Gasteiger partial charge >= 0.3 is 0 Å². The van der Waals surface area contributed by atoms with Gasteiger partial charge in [0.2, 0.25) is 0 Å². The van der Waals surface area contributed by atoms with Crippen LogP contribution in [0.25, 0.3) is 0 Å². The monoisotopic (exact) mass is 267 g/mol. The molecule has 1 fully saturated rings. The molecule has 3 nitrogen and oxygen atoms in total. The Morgan fingerprint density at radius 3 is 2.94 bits per heavy atom. The molecule has 98 valence electrons. The second-order valence-electron chi connectivity index (χ2n) is 4.99. The van der Waals surface area contributed by atoms with Gasteiger partial charge in [-0.25, -0.2) is 0 Å². The molecule has 1 heterocycles. The number of carbonyl (C=O) groups is 1. The van der Waals surface area contributed by atoms with Gasteiger partial charge in [0.1, 0.15) is 5.75 Å². The van der Waals surface area contributed by atoms with Crippen molar-refractivity contribution in [1.82, 2.24) is 4.90 Å². The third-order valence-electron chi connectivity index (χ3n) is 3.48. The fraction of sp³-hybridized carbons (Fsp3) is 0.500. The van der Waals surface area contributed by atoms with Crippen LogP contribution in [0, 0.1) is 5.92 Å². The quantitative estimate of drug-likeness (QED) is 0.848. The van der Waals surface area contributed by atoms with Crippen molar-refractivity contribution in [2.75, 3.05) is 13.1 Å². The molecule has 1 aromatic rings. The molecule has 0 radical (unpaired) electrons. The molecule has 0 aliphatic carbocycles. The highest BCUT2D eigenvalue weighted by molar-refractivity contribution is 6.33. The second kappa shape index (κ2) is 5.61. The van der Waals surface area contributed by atoms with Crippen molar-refractivity contribution < 1.29 is 9.90 Å². The first-order valence-corrected chi connectivity index (χ1v) is 6.73. The van der Waals surface area contributed by atoms with Gasteiger partial charge in [-0.15, -0.1) is 0 Å². The number of hydrogen-bond donors (Lipinski definition) is 1. The van der Waals surface area contributed by atoms with Crippen molar-refractivity contribution in [3.63, 3.8) is 0 Å². The molecule has 1 N–H and O–H groups in total. The predicted octanol–water partition coefficient (Wildman–Crippen LogP) is 3.31. The summed E-state index contributed by atoms with van der Waals surface area (Å²) < 4.78 is 0. The lowest BCUT2D eigenvalue weighted by Gasteiger charge is -2.21. The number of phenolic OH excluding ortho intramolecular Hbond substituents is 1. The molecular weight excluding hydrogens is 250 g/mol. The maximum atomic E-state index is 12.4. The fourth-order valence-electron chi connectivity index (χ4n) is 2.31. The fourth-order valence-corrected chi connectivity index (χ4v) is 2.51. The molecular formula is C14H18ClNO2. The number of aromatic hydroxyl groups is 1. The molecule has 4 heteroatoms. The predicted molar refractivity (Wildman–Crippen MR) is 72.0 cm³/mol. The van der Waals surface area contributed by atoms with Crippen molar-refractivity contribution in [2.24, 2.45) is 5.92 Å². The number of carbonyl (C=O) groups excluding carboxylic acids is 1. The minimum atomic E-state index is -0.0787. The van der Waals surface area contributed by atoms with Crippen LogP contribution in [0.4, 0.5) is 0 Å². The Hall–Kier alpha value is -1.22. The van der Waals surface area contributed by atoms with E-state index in [1.165, 1.54) is 12.1 Å². The number of rotatable bonds is 1. The zero-order valence-corrected chi connectivity index (χ0v) is 11.3. The number of likely N-dealkylation sites (tertiary alicyclic amines) is 1. The SMILES string of the molecule is CC1CCCN(C(=O)c2cc(O)ccc2Cl)CC1. The summed E-state index contributed by atoms with van der Waals surface area (Å²) >= 11 is 6.02. The summed E-state index contributed by atoms with van der Waals surface area (Å²) in [6, 6.07) is 4.49. The molecule has 1 aliphatic rings. The Bertz CT molecular complexity index is 447. The van der Waals surface area contributed by atoms with E-state index < -0.39 is 0 Å². The Balaban J connectivity index is 2.17. The number of hydrogen-bond acceptors (Lipinski definition) is 2. The van der Waals surface area contributed by atoms with Crippen LogP contribution in [-0.4, -0.2) is 29.0 Å². The maximum Gasteiger partial charge on any atom is 0.255 e. The van der Waals surface area contributed by atoms with E-state index in [-0.39, 0.29) is 11.7 Å². The minimum Gasteiger partial charge on any atom is -0.508 e. The largest absolute Gasteiger partial charge is 0.508 e. The smallest absolute Gasteiger partial charge is 0.255 e. The van der Waals surface area contributed by atoms with E-state index in [1.807, 2.05) is 4.90 Å². The van der Waals surface area contributed by atoms with Crippen LogP contribution >= 0.6 is 11.6 Å². The van der Waals surface area contributed by atoms with Crippen LogP contribution in [0.2, 0.25) is 5.02 Å². The van der Waals surface area contributed by atoms with Gasteiger partial charge in [0.05, 0.1) is 10.6 Å². The molecule has 0 aromatic heterocycles. The van der Waals surface area contributed by atoms with Crippen LogP contribution in [0.15, 0.2) is 18.2 Å². The first-order valence-electron chi connectivity index (χ1n) is 6.35. The zero-order valence-electron chi connectivity index (χ0n) is 10.5. The van der Waals surface area contributed by atoms with Gasteiger partial charge in [0.15, 0.2) is 0 Å². The highest BCUT2D eigenvalue weighted by Crippen LogP contribution is 2.24. The normalized spacial score (nSPS) is 20.6. The van der Waals surface area contributed by atoms with Crippen molar-refractivity contribution in [3.8, 4) is 5.75 Å². The number of halogens is 1. The topological polar surface area (TPSA) is 40.5 Å². The lowest BCUT2D eigenvalue weighted by molar-refractivity contribution is 0.0760. The van der Waals surface area contributed by atoms with Gasteiger partial charge < -0.3 is 10.0 Å². The molecule has 1 amide bonds. The second-order valence-corrected chi connectivity index (χ2v) is 5.40. The van der Waals surface area contributed by atoms with Gasteiger partial charge in [-0.05, 0) is 43.4 Å². The van der Waals surface area contributed by atoms with Gasteiger partial charge in [-0.3, -0.25) is 4.79 Å². The van der Waals surface area contributed by atoms with E-state index in [2.05, 4.69) is 6.92 Å². The molecule has 1 saturated heterocycles. The summed E-state index contributed by atoms with van der Waals surface area (Å²) in [5.74, 6) is 0.665. The van der Waals surface area contributed by atoms with E-state index >= 15 is 0 Å². The van der Waals surface area contributed by atoms with E-state index in [4.69, 9.17) is 11.6 Å². The van der Waals surface area contributed by atoms with Crippen molar-refractivity contribution >= 4 is 17.5 Å². The number of amides is 1. The molecule has 0 spiro atoms. The third kappa shape index (κ3) is 2.96. The van der Waals surface area contributed by atoms with E-state index in [9.17, 15) is 9.90 Å². The third-order valence-corrected chi connectivity index (χ3v) is 3.81. The van der Waals surface area contributed by atoms with Crippen LogP contribution in [0.3, 0.4) is 0 Å². The van der Waals surface area contributed by atoms with Crippen molar-refractivity contribution in [2.45, 2.75) is 26.2 Å². The number of phenols is 1. The Kier molecular flexibility index (Phi) is 4.12. The maximum absolute atomic E-state index is 12.4. The summed E-state index contributed by atoms with van der Waals surface area (Å²) in [6.07, 6.45) is 3.23. The van der Waals surface area contributed by atoms with E-state index in [0.29, 0.717) is 16.5 Å². The first-order chi connectivity index (χ1) is 8.58. The van der Waals surface area contributed by atoms with Gasteiger partial charge in [0.25, 0.3) is 5.91 Å².